The first kappa shape index (κ1) is 18.6. The van der Waals surface area contributed by atoms with Gasteiger partial charge in [0.05, 0.1) is 0 Å². The van der Waals surface area contributed by atoms with Crippen molar-refractivity contribution in [2.45, 2.75) is 18.9 Å². The molecule has 1 atom stereocenters. The molecule has 0 bridgehead atoms. The second kappa shape index (κ2) is 7.69. The van der Waals surface area contributed by atoms with Crippen molar-refractivity contribution in [3.63, 3.8) is 0 Å². The maximum Gasteiger partial charge on any atom is 0.272 e. The SMILES string of the molecule is CNC(=O)c1nc(N[C@@H]2CCCN(C)C2)nnc1-c1ccc2sccc2c1O. The zero-order valence-electron chi connectivity index (χ0n) is 15.8. The van der Waals surface area contributed by atoms with Crippen LogP contribution in [-0.4, -0.2) is 64.3 Å². The summed E-state index contributed by atoms with van der Waals surface area (Å²) in [5, 5.41) is 27.6. The van der Waals surface area contributed by atoms with Gasteiger partial charge in [-0.3, -0.25) is 4.79 Å². The van der Waals surface area contributed by atoms with Crippen LogP contribution in [0.5, 0.6) is 5.75 Å². The van der Waals surface area contributed by atoms with Gasteiger partial charge in [-0.25, -0.2) is 4.98 Å². The van der Waals surface area contributed by atoms with Crippen LogP contribution >= 0.6 is 11.3 Å². The lowest BCUT2D eigenvalue weighted by atomic mass is 10.1. The summed E-state index contributed by atoms with van der Waals surface area (Å²) >= 11 is 1.54. The van der Waals surface area contributed by atoms with Gasteiger partial charge in [0.15, 0.2) is 5.69 Å². The molecule has 0 unspecified atom stereocenters. The number of carbonyl (C=O) groups is 1. The van der Waals surface area contributed by atoms with Crippen LogP contribution in [0.1, 0.15) is 23.3 Å². The first-order valence-corrected chi connectivity index (χ1v) is 10.1. The normalized spacial score (nSPS) is 17.6. The maximum atomic E-state index is 12.5. The summed E-state index contributed by atoms with van der Waals surface area (Å²) in [4.78, 5) is 19.1. The Morgan fingerprint density at radius 3 is 2.96 bits per heavy atom. The van der Waals surface area contributed by atoms with Crippen molar-refractivity contribution >= 4 is 33.3 Å². The Morgan fingerprint density at radius 2 is 2.18 bits per heavy atom. The Morgan fingerprint density at radius 1 is 1.32 bits per heavy atom. The van der Waals surface area contributed by atoms with Crippen LogP contribution in [0.3, 0.4) is 0 Å². The van der Waals surface area contributed by atoms with E-state index < -0.39 is 0 Å². The van der Waals surface area contributed by atoms with Crippen molar-refractivity contribution in [2.24, 2.45) is 0 Å². The molecule has 0 radical (unpaired) electrons. The first-order valence-electron chi connectivity index (χ1n) is 9.18. The number of rotatable bonds is 4. The zero-order chi connectivity index (χ0) is 19.7. The third-order valence-corrected chi connectivity index (χ3v) is 5.83. The molecular formula is C19H22N6O2S. The van der Waals surface area contributed by atoms with Crippen molar-refractivity contribution in [3.8, 4) is 17.0 Å². The molecule has 3 N–H and O–H groups in total. The summed E-state index contributed by atoms with van der Waals surface area (Å²) in [5.41, 5.74) is 0.832. The number of hydrogen-bond acceptors (Lipinski definition) is 8. The summed E-state index contributed by atoms with van der Waals surface area (Å²) in [7, 11) is 3.62. The van der Waals surface area contributed by atoms with Gasteiger partial charge in [-0.15, -0.1) is 21.5 Å². The fourth-order valence-electron chi connectivity index (χ4n) is 3.53. The van der Waals surface area contributed by atoms with E-state index in [-0.39, 0.29) is 29.1 Å². The van der Waals surface area contributed by atoms with Crippen LogP contribution in [0.15, 0.2) is 23.6 Å². The van der Waals surface area contributed by atoms with E-state index in [9.17, 15) is 9.90 Å². The van der Waals surface area contributed by atoms with Crippen LogP contribution < -0.4 is 10.6 Å². The quantitative estimate of drug-likeness (QED) is 0.620. The second-order valence-corrected chi connectivity index (χ2v) is 7.90. The number of nitrogens with zero attached hydrogens (tertiary/aromatic N) is 4. The highest BCUT2D eigenvalue weighted by atomic mass is 32.1. The highest BCUT2D eigenvalue weighted by Gasteiger charge is 2.23. The maximum absolute atomic E-state index is 12.5. The number of phenols is 1. The molecule has 1 saturated heterocycles. The van der Waals surface area contributed by atoms with Crippen LogP contribution in [0.4, 0.5) is 5.95 Å². The number of carbonyl (C=O) groups excluding carboxylic acids is 1. The number of amides is 1. The number of thiophene rings is 1. The highest BCUT2D eigenvalue weighted by Crippen LogP contribution is 2.38. The van der Waals surface area contributed by atoms with Crippen LogP contribution in [0.2, 0.25) is 0 Å². The summed E-state index contributed by atoms with van der Waals surface area (Å²) < 4.78 is 0.961. The number of hydrogen-bond donors (Lipinski definition) is 3. The number of anilines is 1. The molecule has 0 saturated carbocycles. The van der Waals surface area contributed by atoms with Crippen molar-refractivity contribution in [1.29, 1.82) is 0 Å². The van der Waals surface area contributed by atoms with E-state index in [1.165, 1.54) is 11.3 Å². The lowest BCUT2D eigenvalue weighted by molar-refractivity contribution is 0.0958. The molecule has 9 heteroatoms. The van der Waals surface area contributed by atoms with Crippen LogP contribution in [0.25, 0.3) is 21.3 Å². The fraction of sp³-hybridized carbons (Fsp3) is 0.368. The molecule has 1 amide bonds. The Hall–Kier alpha value is -2.78. The van der Waals surface area contributed by atoms with Gasteiger partial charge in [-0.2, -0.15) is 0 Å². The van der Waals surface area contributed by atoms with E-state index in [1.54, 1.807) is 13.1 Å². The van der Waals surface area contributed by atoms with Crippen LogP contribution in [-0.2, 0) is 0 Å². The summed E-state index contributed by atoms with van der Waals surface area (Å²) in [6.07, 6.45) is 2.11. The third-order valence-electron chi connectivity index (χ3n) is 4.95. The van der Waals surface area contributed by atoms with Gasteiger partial charge in [0.2, 0.25) is 5.95 Å². The van der Waals surface area contributed by atoms with Crippen molar-refractivity contribution in [1.82, 2.24) is 25.4 Å². The average Bonchev–Trinajstić information content (AvgIpc) is 3.18. The minimum Gasteiger partial charge on any atom is -0.507 e. The molecule has 1 aromatic carbocycles. The lowest BCUT2D eigenvalue weighted by Gasteiger charge is -2.30. The van der Waals surface area contributed by atoms with Crippen molar-refractivity contribution in [2.75, 3.05) is 32.5 Å². The number of nitrogens with one attached hydrogen (secondary N) is 2. The smallest absolute Gasteiger partial charge is 0.272 e. The molecule has 4 rings (SSSR count). The Labute approximate surface area is 166 Å². The Bertz CT molecular complexity index is 1020. The molecule has 28 heavy (non-hydrogen) atoms. The van der Waals surface area contributed by atoms with Crippen molar-refractivity contribution in [3.05, 3.63) is 29.3 Å². The minimum atomic E-state index is -0.376. The molecule has 2 aromatic heterocycles. The van der Waals surface area contributed by atoms with E-state index in [0.717, 1.165) is 36.0 Å². The molecule has 8 nitrogen and oxygen atoms in total. The third kappa shape index (κ3) is 3.50. The molecule has 1 aliphatic rings. The molecule has 0 spiro atoms. The van der Waals surface area contributed by atoms with Gasteiger partial charge in [-0.05, 0) is 50.0 Å². The average molecular weight is 398 g/mol. The van der Waals surface area contributed by atoms with E-state index >= 15 is 0 Å². The zero-order valence-corrected chi connectivity index (χ0v) is 16.6. The number of likely N-dealkylation sites (tertiary alicyclic amines) is 1. The minimum absolute atomic E-state index is 0.0783. The predicted octanol–water partition coefficient (Wildman–Crippen LogP) is 2.32. The van der Waals surface area contributed by atoms with E-state index in [2.05, 4.69) is 37.8 Å². The van der Waals surface area contributed by atoms with Gasteiger partial charge < -0.3 is 20.6 Å². The summed E-state index contributed by atoms with van der Waals surface area (Å²) in [6.45, 7) is 1.96. The van der Waals surface area contributed by atoms with E-state index in [0.29, 0.717) is 11.5 Å². The van der Waals surface area contributed by atoms with Crippen molar-refractivity contribution < 1.29 is 9.90 Å². The number of piperidine rings is 1. The Balaban J connectivity index is 1.72. The number of aromatic nitrogens is 3. The number of phenolic OH excluding ortho intramolecular Hbond substituents is 1. The van der Waals surface area contributed by atoms with Crippen LogP contribution in [0, 0.1) is 0 Å². The second-order valence-electron chi connectivity index (χ2n) is 6.95. The van der Waals surface area contributed by atoms with Gasteiger partial charge in [0.25, 0.3) is 5.91 Å². The number of fused-ring (bicyclic) bond motifs is 1. The monoisotopic (exact) mass is 398 g/mol. The van der Waals surface area contributed by atoms with Gasteiger partial charge in [0.1, 0.15) is 11.4 Å². The predicted molar refractivity (Wildman–Crippen MR) is 110 cm³/mol. The fourth-order valence-corrected chi connectivity index (χ4v) is 4.32. The largest absolute Gasteiger partial charge is 0.507 e. The van der Waals surface area contributed by atoms with Gasteiger partial charge >= 0.3 is 0 Å². The molecule has 3 heterocycles. The highest BCUT2D eigenvalue weighted by molar-refractivity contribution is 7.17. The van der Waals surface area contributed by atoms with Gasteiger partial charge in [0, 0.05) is 35.3 Å². The molecule has 1 aliphatic heterocycles. The lowest BCUT2D eigenvalue weighted by Crippen LogP contribution is -2.40. The van der Waals surface area contributed by atoms with E-state index in [4.69, 9.17) is 0 Å². The van der Waals surface area contributed by atoms with E-state index in [1.807, 2.05) is 17.5 Å². The number of likely N-dealkylation sites (N-methyl/N-ethyl adjacent to an activating group) is 1. The van der Waals surface area contributed by atoms with Gasteiger partial charge in [-0.1, -0.05) is 0 Å². The number of aromatic hydroxyl groups is 1. The first-order chi connectivity index (χ1) is 13.6. The molecule has 146 valence electrons. The molecule has 1 fully saturated rings. The summed E-state index contributed by atoms with van der Waals surface area (Å²) in [6, 6.07) is 5.69. The topological polar surface area (TPSA) is 103 Å². The molecule has 3 aromatic rings. The number of benzene rings is 1. The molecular weight excluding hydrogens is 376 g/mol. The Kier molecular flexibility index (Phi) is 5.10. The molecule has 0 aliphatic carbocycles. The standard InChI is InChI=1S/C19H22N6O2S/c1-20-18(27)16-15(13-5-6-14-12(17(13)26)7-9-28-14)23-24-19(22-16)21-11-4-3-8-25(2)10-11/h5-7,9,11,26H,3-4,8,10H2,1-2H3,(H,20,27)(H,21,22,24)/t11-/m1/s1. The summed E-state index contributed by atoms with van der Waals surface area (Å²) in [5.74, 6) is 0.0203.